The number of nitrogens with one attached hydrogen (secondary N) is 2. The lowest BCUT2D eigenvalue weighted by Crippen LogP contribution is -2.48. The van der Waals surface area contributed by atoms with Gasteiger partial charge in [-0.05, 0) is 63.4 Å². The van der Waals surface area contributed by atoms with Gasteiger partial charge in [-0.15, -0.1) is 0 Å². The molecular weight excluding hydrogens is 402 g/mol. The van der Waals surface area contributed by atoms with E-state index in [1.807, 2.05) is 0 Å². The number of anilines is 1. The Hall–Kier alpha value is -1.64. The molecule has 2 aliphatic heterocycles. The first kappa shape index (κ1) is 21.6. The number of nitrogens with zero attached hydrogens (tertiary/aromatic N) is 1. The van der Waals surface area contributed by atoms with E-state index in [-0.39, 0.29) is 17.3 Å². The molecule has 1 saturated carbocycles. The van der Waals surface area contributed by atoms with Gasteiger partial charge in [0.1, 0.15) is 0 Å². The van der Waals surface area contributed by atoms with Crippen LogP contribution in [0.1, 0.15) is 44.9 Å². The van der Waals surface area contributed by atoms with Gasteiger partial charge in [0.15, 0.2) is 9.84 Å². The topological polar surface area (TPSA) is 87.7 Å². The molecular formula is C22H33N3O4S. The summed E-state index contributed by atoms with van der Waals surface area (Å²) in [6, 6.07) is 6.62. The highest BCUT2D eigenvalue weighted by atomic mass is 32.2. The zero-order valence-electron chi connectivity index (χ0n) is 17.5. The van der Waals surface area contributed by atoms with E-state index in [1.165, 1.54) is 12.8 Å². The van der Waals surface area contributed by atoms with Crippen LogP contribution in [0.2, 0.25) is 0 Å². The van der Waals surface area contributed by atoms with Gasteiger partial charge in [-0.25, -0.2) is 13.2 Å². The number of carbonyl (C=O) groups is 1. The van der Waals surface area contributed by atoms with Crippen LogP contribution in [0.3, 0.4) is 0 Å². The summed E-state index contributed by atoms with van der Waals surface area (Å²) < 4.78 is 31.2. The average molecular weight is 436 g/mol. The minimum Gasteiger partial charge on any atom is -0.381 e. The number of carbonyl (C=O) groups excluding carboxylic acids is 1. The maximum atomic E-state index is 12.8. The number of hydrogen-bond acceptors (Lipinski definition) is 5. The van der Waals surface area contributed by atoms with Gasteiger partial charge in [0.25, 0.3) is 0 Å². The molecule has 2 saturated heterocycles. The Morgan fingerprint density at radius 2 is 1.90 bits per heavy atom. The third-order valence-corrected chi connectivity index (χ3v) is 9.01. The standard InChI is InChI=1S/C22H33N3O4S/c26-22(23-15-21(17-10-13-29-16-17)25-11-3-4-12-25)24-18-6-5-9-20(14-18)30(27,28)19-7-1-2-8-19/h5-6,9,14,17,19,21H,1-4,7-8,10-13,15-16H2,(H2,23,24,26)/t17-,21-/m1/s1. The summed E-state index contributed by atoms with van der Waals surface area (Å²) in [7, 11) is -3.34. The third-order valence-electron chi connectivity index (χ3n) is 6.75. The molecule has 1 aromatic rings. The molecule has 2 amide bonds. The van der Waals surface area contributed by atoms with Crippen molar-refractivity contribution in [3.63, 3.8) is 0 Å². The molecule has 3 fully saturated rings. The Labute approximate surface area is 179 Å². The Bertz CT molecular complexity index is 811. The fraction of sp³-hybridized carbons (Fsp3) is 0.682. The Balaban J connectivity index is 1.36. The van der Waals surface area contributed by atoms with Crippen LogP contribution in [0.4, 0.5) is 10.5 Å². The number of amides is 2. The second-order valence-corrected chi connectivity index (χ2v) is 11.0. The highest BCUT2D eigenvalue weighted by molar-refractivity contribution is 7.92. The molecule has 1 aliphatic carbocycles. The number of ether oxygens (including phenoxy) is 1. The van der Waals surface area contributed by atoms with Gasteiger partial charge in [-0.3, -0.25) is 4.90 Å². The highest BCUT2D eigenvalue weighted by Gasteiger charge is 2.32. The second kappa shape index (κ2) is 9.66. The number of likely N-dealkylation sites (tertiary alicyclic amines) is 1. The van der Waals surface area contributed by atoms with Crippen molar-refractivity contribution in [1.29, 1.82) is 0 Å². The normalized spacial score (nSPS) is 24.2. The summed E-state index contributed by atoms with van der Waals surface area (Å²) in [4.78, 5) is 15.3. The average Bonchev–Trinajstić information content (AvgIpc) is 3.51. The summed E-state index contributed by atoms with van der Waals surface area (Å²) in [6.07, 6.45) is 6.83. The van der Waals surface area contributed by atoms with Crippen LogP contribution in [0.15, 0.2) is 29.2 Å². The first-order valence-corrected chi connectivity index (χ1v) is 12.8. The lowest BCUT2D eigenvalue weighted by molar-refractivity contribution is 0.135. The predicted molar refractivity (Wildman–Crippen MR) is 116 cm³/mol. The van der Waals surface area contributed by atoms with Crippen LogP contribution in [0.25, 0.3) is 0 Å². The smallest absolute Gasteiger partial charge is 0.319 e. The van der Waals surface area contributed by atoms with Crippen LogP contribution >= 0.6 is 0 Å². The molecule has 0 aromatic heterocycles. The molecule has 7 nitrogen and oxygen atoms in total. The SMILES string of the molecule is O=C(NC[C@H]([C@@H]1CCOC1)N1CCCC1)Nc1cccc(S(=O)(=O)C2CCCC2)c1. The summed E-state index contributed by atoms with van der Waals surface area (Å²) in [5, 5.41) is 5.52. The largest absolute Gasteiger partial charge is 0.381 e. The predicted octanol–water partition coefficient (Wildman–Crippen LogP) is 3.03. The molecule has 0 bridgehead atoms. The van der Waals surface area contributed by atoms with Crippen LogP contribution in [0, 0.1) is 5.92 Å². The van der Waals surface area contributed by atoms with E-state index in [0.29, 0.717) is 23.0 Å². The maximum Gasteiger partial charge on any atom is 0.319 e. The van der Waals surface area contributed by atoms with E-state index in [1.54, 1.807) is 24.3 Å². The van der Waals surface area contributed by atoms with Crippen molar-refractivity contribution in [1.82, 2.24) is 10.2 Å². The molecule has 2 heterocycles. The molecule has 3 aliphatic rings. The highest BCUT2D eigenvalue weighted by Crippen LogP contribution is 2.30. The lowest BCUT2D eigenvalue weighted by atomic mass is 9.97. The molecule has 8 heteroatoms. The van der Waals surface area contributed by atoms with Crippen molar-refractivity contribution in [2.45, 2.75) is 61.1 Å². The fourth-order valence-electron chi connectivity index (χ4n) is 5.04. The van der Waals surface area contributed by atoms with Gasteiger partial charge in [-0.1, -0.05) is 18.9 Å². The van der Waals surface area contributed by atoms with E-state index in [9.17, 15) is 13.2 Å². The molecule has 30 heavy (non-hydrogen) atoms. The summed E-state index contributed by atoms with van der Waals surface area (Å²) in [6.45, 7) is 4.27. The van der Waals surface area contributed by atoms with E-state index >= 15 is 0 Å². The Morgan fingerprint density at radius 1 is 1.13 bits per heavy atom. The zero-order valence-corrected chi connectivity index (χ0v) is 18.3. The molecule has 166 valence electrons. The van der Waals surface area contributed by atoms with Crippen LogP contribution in [0.5, 0.6) is 0 Å². The first-order chi connectivity index (χ1) is 14.5. The molecule has 2 N–H and O–H groups in total. The van der Waals surface area contributed by atoms with Crippen molar-refractivity contribution in [2.75, 3.05) is 38.2 Å². The van der Waals surface area contributed by atoms with Gasteiger partial charge in [-0.2, -0.15) is 0 Å². The van der Waals surface area contributed by atoms with Gasteiger partial charge < -0.3 is 15.4 Å². The van der Waals surface area contributed by atoms with Gasteiger partial charge >= 0.3 is 6.03 Å². The summed E-state index contributed by atoms with van der Waals surface area (Å²) in [5.74, 6) is 0.447. The third kappa shape index (κ3) is 4.98. The van der Waals surface area contributed by atoms with E-state index < -0.39 is 9.84 Å². The molecule has 0 radical (unpaired) electrons. The number of benzene rings is 1. The minimum atomic E-state index is -3.34. The van der Waals surface area contributed by atoms with Gasteiger partial charge in [0, 0.05) is 30.8 Å². The molecule has 2 atom stereocenters. The van der Waals surface area contributed by atoms with Crippen molar-refractivity contribution in [3.05, 3.63) is 24.3 Å². The van der Waals surface area contributed by atoms with Gasteiger partial charge in [0.05, 0.1) is 16.8 Å². The molecule has 0 spiro atoms. The van der Waals surface area contributed by atoms with E-state index in [4.69, 9.17) is 4.74 Å². The number of urea groups is 1. The van der Waals surface area contributed by atoms with Crippen molar-refractivity contribution < 1.29 is 17.9 Å². The quantitative estimate of drug-likeness (QED) is 0.687. The van der Waals surface area contributed by atoms with Gasteiger partial charge in [0.2, 0.25) is 0 Å². The van der Waals surface area contributed by atoms with Crippen molar-refractivity contribution in [3.8, 4) is 0 Å². The van der Waals surface area contributed by atoms with Crippen LogP contribution < -0.4 is 10.6 Å². The zero-order chi connectivity index (χ0) is 21.0. The Morgan fingerprint density at radius 3 is 2.60 bits per heavy atom. The molecule has 1 aromatic carbocycles. The number of sulfone groups is 1. The molecule has 4 rings (SSSR count). The number of hydrogen-bond donors (Lipinski definition) is 2. The molecule has 0 unspecified atom stereocenters. The Kier molecular flexibility index (Phi) is 6.95. The fourth-order valence-corrected chi connectivity index (χ4v) is 6.94. The second-order valence-electron chi connectivity index (χ2n) is 8.75. The monoisotopic (exact) mass is 435 g/mol. The van der Waals surface area contributed by atoms with E-state index in [0.717, 1.165) is 58.4 Å². The maximum absolute atomic E-state index is 12.8. The summed E-state index contributed by atoms with van der Waals surface area (Å²) in [5.41, 5.74) is 0.508. The summed E-state index contributed by atoms with van der Waals surface area (Å²) >= 11 is 0. The number of rotatable bonds is 7. The van der Waals surface area contributed by atoms with E-state index in [2.05, 4.69) is 15.5 Å². The van der Waals surface area contributed by atoms with Crippen molar-refractivity contribution >= 4 is 21.6 Å². The first-order valence-electron chi connectivity index (χ1n) is 11.2. The van der Waals surface area contributed by atoms with Crippen molar-refractivity contribution in [2.24, 2.45) is 5.92 Å². The minimum absolute atomic E-state index is 0.287. The van der Waals surface area contributed by atoms with Crippen LogP contribution in [-0.4, -0.2) is 63.5 Å². The lowest BCUT2D eigenvalue weighted by Gasteiger charge is -2.32. The van der Waals surface area contributed by atoms with Crippen LogP contribution in [-0.2, 0) is 14.6 Å².